The molecule has 10 N–H and O–H groups in total. The molecule has 31 heavy (non-hydrogen) atoms. The first kappa shape index (κ1) is 25.6. The number of aliphatic imine (C=N–C) groups is 1. The molecule has 0 saturated carbocycles. The van der Waals surface area contributed by atoms with Crippen LogP contribution in [0.4, 0.5) is 0 Å². The first-order chi connectivity index (χ1) is 14.5. The van der Waals surface area contributed by atoms with Gasteiger partial charge in [0.1, 0.15) is 12.1 Å². The van der Waals surface area contributed by atoms with Crippen molar-refractivity contribution < 1.29 is 34.2 Å². The lowest BCUT2D eigenvalue weighted by atomic mass is 10.1. The zero-order valence-electron chi connectivity index (χ0n) is 17.0. The summed E-state index contributed by atoms with van der Waals surface area (Å²) < 4.78 is 0. The number of carbonyl (C=O) groups is 5. The maximum atomic E-state index is 12.6. The molecule has 3 unspecified atom stereocenters. The Morgan fingerprint density at radius 1 is 1.16 bits per heavy atom. The zero-order valence-corrected chi connectivity index (χ0v) is 17.0. The van der Waals surface area contributed by atoms with E-state index < -0.39 is 60.8 Å². The zero-order chi connectivity index (χ0) is 23.6. The molecule has 0 aliphatic carbocycles. The Bertz CT molecular complexity index is 724. The lowest BCUT2D eigenvalue weighted by molar-refractivity contribution is -0.150. The fourth-order valence-corrected chi connectivity index (χ4v) is 3.06. The van der Waals surface area contributed by atoms with Crippen LogP contribution in [0.5, 0.6) is 0 Å². The second-order valence-electron chi connectivity index (χ2n) is 7.02. The van der Waals surface area contributed by atoms with Crippen LogP contribution < -0.4 is 27.8 Å². The van der Waals surface area contributed by atoms with Crippen LogP contribution in [0, 0.1) is 0 Å². The highest BCUT2D eigenvalue weighted by Gasteiger charge is 2.38. The summed E-state index contributed by atoms with van der Waals surface area (Å²) >= 11 is 0. The second-order valence-corrected chi connectivity index (χ2v) is 7.02. The Kier molecular flexibility index (Phi) is 10.2. The lowest BCUT2D eigenvalue weighted by Gasteiger charge is -2.26. The maximum absolute atomic E-state index is 12.6. The Morgan fingerprint density at radius 3 is 2.42 bits per heavy atom. The molecule has 1 heterocycles. The third-order valence-electron chi connectivity index (χ3n) is 4.56. The molecule has 0 aromatic carbocycles. The lowest BCUT2D eigenvalue weighted by Crippen LogP contribution is -2.54. The molecule has 14 nitrogen and oxygen atoms in total. The van der Waals surface area contributed by atoms with Crippen molar-refractivity contribution in [2.24, 2.45) is 22.2 Å². The molecular formula is C17H29N7O7. The number of rotatable bonds is 12. The molecule has 1 aliphatic rings. The summed E-state index contributed by atoms with van der Waals surface area (Å²) in [6, 6.07) is -3.45. The number of aliphatic carboxylic acids is 2. The van der Waals surface area contributed by atoms with Gasteiger partial charge in [-0.25, -0.2) is 4.79 Å². The number of likely N-dealkylation sites (tertiary alicyclic amines) is 1. The first-order valence-electron chi connectivity index (χ1n) is 9.66. The SMILES string of the molecule is NC(N)=NCCCC(N)C(=O)NCC(=O)NC(CC(=O)O)C(=O)N1CCCC1C(=O)O. The number of carboxylic acid groups (broad SMARTS) is 2. The van der Waals surface area contributed by atoms with Gasteiger partial charge in [0.2, 0.25) is 17.7 Å². The molecular weight excluding hydrogens is 414 g/mol. The molecule has 174 valence electrons. The van der Waals surface area contributed by atoms with Gasteiger partial charge in [0.05, 0.1) is 19.0 Å². The van der Waals surface area contributed by atoms with Crippen molar-refractivity contribution in [3.8, 4) is 0 Å². The summed E-state index contributed by atoms with van der Waals surface area (Å²) in [7, 11) is 0. The standard InChI is InChI=1S/C17H29N7O7/c18-9(3-1-5-21-17(19)20)14(28)22-8-12(25)23-10(7-13(26)27)15(29)24-6-2-4-11(24)16(30)31/h9-11H,1-8,18H2,(H,22,28)(H,23,25)(H,26,27)(H,30,31)(H4,19,20,21). The average Bonchev–Trinajstić information content (AvgIpc) is 3.17. The molecule has 3 atom stereocenters. The number of carbonyl (C=O) groups excluding carboxylic acids is 3. The van der Waals surface area contributed by atoms with Crippen molar-refractivity contribution >= 4 is 35.6 Å². The largest absolute Gasteiger partial charge is 0.481 e. The number of hydrogen-bond donors (Lipinski definition) is 7. The van der Waals surface area contributed by atoms with Crippen LogP contribution in [-0.2, 0) is 24.0 Å². The molecule has 0 aromatic rings. The predicted octanol–water partition coefficient (Wildman–Crippen LogP) is -3.48. The molecule has 14 heteroatoms. The van der Waals surface area contributed by atoms with Gasteiger partial charge in [-0.15, -0.1) is 0 Å². The fraction of sp³-hybridized carbons (Fsp3) is 0.647. The van der Waals surface area contributed by atoms with E-state index in [1.54, 1.807) is 0 Å². The van der Waals surface area contributed by atoms with Gasteiger partial charge in [0.25, 0.3) is 0 Å². The summed E-state index contributed by atoms with van der Waals surface area (Å²) in [5, 5.41) is 22.8. The molecule has 1 rings (SSSR count). The number of amides is 3. The number of carboxylic acids is 2. The van der Waals surface area contributed by atoms with Gasteiger partial charge in [-0.1, -0.05) is 0 Å². The van der Waals surface area contributed by atoms with Crippen LogP contribution in [-0.4, -0.2) is 88.5 Å². The van der Waals surface area contributed by atoms with Crippen LogP contribution in [0.1, 0.15) is 32.1 Å². The molecule has 0 spiro atoms. The normalized spacial score (nSPS) is 17.3. The van der Waals surface area contributed by atoms with Crippen molar-refractivity contribution in [1.29, 1.82) is 0 Å². The summed E-state index contributed by atoms with van der Waals surface area (Å²) in [5.74, 6) is -4.87. The van der Waals surface area contributed by atoms with Crippen LogP contribution in [0.2, 0.25) is 0 Å². The number of nitrogens with two attached hydrogens (primary N) is 3. The summed E-state index contributed by atoms with van der Waals surface area (Å²) in [5.41, 5.74) is 16.1. The highest BCUT2D eigenvalue weighted by Crippen LogP contribution is 2.19. The van der Waals surface area contributed by atoms with E-state index in [1.165, 1.54) is 0 Å². The smallest absolute Gasteiger partial charge is 0.326 e. The van der Waals surface area contributed by atoms with Gasteiger partial charge in [-0.2, -0.15) is 0 Å². The van der Waals surface area contributed by atoms with Crippen molar-refractivity contribution in [3.05, 3.63) is 0 Å². The van der Waals surface area contributed by atoms with E-state index in [-0.39, 0.29) is 31.9 Å². The van der Waals surface area contributed by atoms with Gasteiger partial charge in [-0.05, 0) is 25.7 Å². The fourth-order valence-electron chi connectivity index (χ4n) is 3.06. The van der Waals surface area contributed by atoms with E-state index in [0.717, 1.165) is 4.90 Å². The van der Waals surface area contributed by atoms with Gasteiger partial charge in [0, 0.05) is 13.1 Å². The van der Waals surface area contributed by atoms with Crippen LogP contribution >= 0.6 is 0 Å². The molecule has 0 aromatic heterocycles. The van der Waals surface area contributed by atoms with Crippen molar-refractivity contribution in [1.82, 2.24) is 15.5 Å². The first-order valence-corrected chi connectivity index (χ1v) is 9.66. The van der Waals surface area contributed by atoms with Crippen molar-refractivity contribution in [3.63, 3.8) is 0 Å². The molecule has 1 saturated heterocycles. The molecule has 0 bridgehead atoms. The summed E-state index contributed by atoms with van der Waals surface area (Å²) in [4.78, 5) is 63.9. The van der Waals surface area contributed by atoms with E-state index in [9.17, 15) is 29.1 Å². The third-order valence-corrected chi connectivity index (χ3v) is 4.56. The molecule has 1 fully saturated rings. The van der Waals surface area contributed by atoms with Crippen LogP contribution in [0.3, 0.4) is 0 Å². The minimum Gasteiger partial charge on any atom is -0.481 e. The minimum absolute atomic E-state index is 0.0798. The summed E-state index contributed by atoms with van der Waals surface area (Å²) in [6.07, 6.45) is 0.662. The number of nitrogens with zero attached hydrogens (tertiary/aromatic N) is 2. The Hall–Kier alpha value is -3.42. The number of hydrogen-bond acceptors (Lipinski definition) is 7. The highest BCUT2D eigenvalue weighted by atomic mass is 16.4. The van der Waals surface area contributed by atoms with Gasteiger partial charge < -0.3 is 42.9 Å². The van der Waals surface area contributed by atoms with E-state index >= 15 is 0 Å². The topological polar surface area (TPSA) is 244 Å². The van der Waals surface area contributed by atoms with Crippen LogP contribution in [0.15, 0.2) is 4.99 Å². The van der Waals surface area contributed by atoms with Gasteiger partial charge in [0.15, 0.2) is 5.96 Å². The van der Waals surface area contributed by atoms with Crippen LogP contribution in [0.25, 0.3) is 0 Å². The molecule has 0 radical (unpaired) electrons. The Labute approximate surface area is 178 Å². The Balaban J connectivity index is 2.59. The van der Waals surface area contributed by atoms with Crippen molar-refractivity contribution in [2.45, 2.75) is 50.2 Å². The minimum atomic E-state index is -1.46. The van der Waals surface area contributed by atoms with E-state index in [1.807, 2.05) is 0 Å². The molecule has 3 amide bonds. The van der Waals surface area contributed by atoms with Gasteiger partial charge in [-0.3, -0.25) is 24.2 Å². The third kappa shape index (κ3) is 8.86. The van der Waals surface area contributed by atoms with Gasteiger partial charge >= 0.3 is 11.9 Å². The van der Waals surface area contributed by atoms with E-state index in [0.29, 0.717) is 12.8 Å². The monoisotopic (exact) mass is 443 g/mol. The number of guanidine groups is 1. The summed E-state index contributed by atoms with van der Waals surface area (Å²) in [6.45, 7) is -0.101. The number of nitrogens with one attached hydrogen (secondary N) is 2. The van der Waals surface area contributed by atoms with E-state index in [4.69, 9.17) is 22.3 Å². The van der Waals surface area contributed by atoms with Crippen molar-refractivity contribution in [2.75, 3.05) is 19.6 Å². The predicted molar refractivity (Wildman–Crippen MR) is 107 cm³/mol. The quantitative estimate of drug-likeness (QED) is 0.0891. The average molecular weight is 443 g/mol. The highest BCUT2D eigenvalue weighted by molar-refractivity contribution is 5.94. The Morgan fingerprint density at radius 2 is 1.84 bits per heavy atom. The van der Waals surface area contributed by atoms with E-state index in [2.05, 4.69) is 15.6 Å². The maximum Gasteiger partial charge on any atom is 0.326 e. The molecule has 1 aliphatic heterocycles. The second kappa shape index (κ2) is 12.3.